The van der Waals surface area contributed by atoms with E-state index in [1.807, 2.05) is 92.9 Å². The van der Waals surface area contributed by atoms with Crippen LogP contribution in [0.25, 0.3) is 10.9 Å². The molecule has 4 nitrogen and oxygen atoms in total. The lowest BCUT2D eigenvalue weighted by Crippen LogP contribution is -2.56. The smallest absolute Gasteiger partial charge is 0.501 e. The summed E-state index contributed by atoms with van der Waals surface area (Å²) in [4.78, 5) is 9.30. The first-order chi connectivity index (χ1) is 13.8. The highest BCUT2D eigenvalue weighted by Gasteiger charge is 2.46. The van der Waals surface area contributed by atoms with Crippen LogP contribution in [0.15, 0.2) is 71.9 Å². The minimum Gasteiger partial charge on any atom is -0.501 e. The lowest BCUT2D eigenvalue weighted by molar-refractivity contribution is 0.433. The first-order valence-electron chi connectivity index (χ1n) is 9.62. The Morgan fingerprint density at radius 3 is 2.31 bits per heavy atom. The summed E-state index contributed by atoms with van der Waals surface area (Å²) in [5, 5.41) is 0.971. The molecule has 3 rings (SSSR count). The van der Waals surface area contributed by atoms with Gasteiger partial charge in [-0.05, 0) is 39.8 Å². The minimum absolute atomic E-state index is 0.0164. The number of aromatic nitrogens is 1. The number of para-hydroxylation sites is 1. The maximum absolute atomic E-state index is 6.96. The van der Waals surface area contributed by atoms with Crippen molar-refractivity contribution >= 4 is 46.0 Å². The van der Waals surface area contributed by atoms with Crippen LogP contribution in [0.4, 0.5) is 0 Å². The monoisotopic (exact) mass is 445 g/mol. The number of fused-ring (bicyclic) bond motifs is 1. The van der Waals surface area contributed by atoms with Crippen LogP contribution in [0.3, 0.4) is 0 Å². The number of benzene rings is 2. The van der Waals surface area contributed by atoms with Gasteiger partial charge in [-0.15, -0.1) is 0 Å². The van der Waals surface area contributed by atoms with Gasteiger partial charge in [-0.3, -0.25) is 9.98 Å². The fraction of sp³-hybridized carbons (Fsp3) is 0.273. The van der Waals surface area contributed by atoms with E-state index in [4.69, 9.17) is 31.6 Å². The molecule has 2 aromatic carbocycles. The van der Waals surface area contributed by atoms with E-state index < -0.39 is 7.10 Å². The van der Waals surface area contributed by atoms with E-state index in [1.54, 1.807) is 6.20 Å². The lowest BCUT2D eigenvalue weighted by Gasteiger charge is -2.37. The van der Waals surface area contributed by atoms with E-state index in [9.17, 15) is 0 Å². The lowest BCUT2D eigenvalue weighted by atomic mass is 10.2. The number of aliphatic imine (C=N–C) groups is 1. The largest absolute Gasteiger partial charge is 0.574 e. The number of rotatable bonds is 6. The van der Waals surface area contributed by atoms with Crippen LogP contribution in [0.1, 0.15) is 33.3 Å². The van der Waals surface area contributed by atoms with Crippen LogP contribution >= 0.6 is 22.2 Å². The molecule has 0 saturated heterocycles. The molecule has 0 aliphatic rings. The van der Waals surface area contributed by atoms with Crippen molar-refractivity contribution in [3.8, 4) is 5.75 Å². The van der Waals surface area contributed by atoms with Crippen molar-refractivity contribution in [3.05, 3.63) is 72.4 Å². The number of amidine groups is 1. The maximum Gasteiger partial charge on any atom is 0.574 e. The van der Waals surface area contributed by atoms with Gasteiger partial charge in [0.2, 0.25) is 0 Å². The Balaban J connectivity index is 2.06. The van der Waals surface area contributed by atoms with Crippen molar-refractivity contribution in [2.45, 2.75) is 39.8 Å². The third-order valence-electron chi connectivity index (χ3n) is 4.27. The molecule has 29 heavy (non-hydrogen) atoms. The molecule has 0 unspecified atom stereocenters. The Morgan fingerprint density at radius 1 is 0.966 bits per heavy atom. The van der Waals surface area contributed by atoms with E-state index in [0.717, 1.165) is 22.3 Å². The molecule has 3 aromatic rings. The fourth-order valence-corrected chi connectivity index (χ4v) is 6.83. The van der Waals surface area contributed by atoms with Crippen molar-refractivity contribution < 1.29 is 4.43 Å². The SMILES string of the molecule is CC(C)N=C(c1ccccc1)N(C(C)C)[Si](Cl)(Cl)Oc1cccc2cccnc12. The van der Waals surface area contributed by atoms with Crippen LogP contribution in [0, 0.1) is 0 Å². The van der Waals surface area contributed by atoms with Gasteiger partial charge in [-0.2, -0.15) is 0 Å². The molecular formula is C22H25Cl2N3OSi. The van der Waals surface area contributed by atoms with Crippen molar-refractivity contribution in [2.24, 2.45) is 4.99 Å². The van der Waals surface area contributed by atoms with Gasteiger partial charge in [0.05, 0.1) is 0 Å². The average molecular weight is 446 g/mol. The highest BCUT2D eigenvalue weighted by Crippen LogP contribution is 2.32. The Kier molecular flexibility index (Phi) is 6.83. The number of halogens is 2. The molecule has 0 fully saturated rings. The number of hydrogen-bond donors (Lipinski definition) is 0. The molecule has 0 saturated carbocycles. The van der Waals surface area contributed by atoms with Crippen LogP contribution in [-0.4, -0.2) is 34.6 Å². The van der Waals surface area contributed by atoms with Gasteiger partial charge in [-0.1, -0.05) is 70.7 Å². The Hall–Kier alpha value is -2.08. The molecular weight excluding hydrogens is 421 g/mol. The van der Waals surface area contributed by atoms with Gasteiger partial charge in [0.15, 0.2) is 0 Å². The summed E-state index contributed by atoms with van der Waals surface area (Å²) in [6.45, 7) is 8.14. The quantitative estimate of drug-likeness (QED) is 0.199. The topological polar surface area (TPSA) is 37.7 Å². The summed E-state index contributed by atoms with van der Waals surface area (Å²) in [5.74, 6) is 1.31. The molecule has 0 spiro atoms. The second-order valence-electron chi connectivity index (χ2n) is 7.30. The van der Waals surface area contributed by atoms with Crippen molar-refractivity contribution in [1.82, 2.24) is 9.55 Å². The standard InChI is InChI=1S/C22H25Cl2N3OSi/c1-16(2)26-22(19-10-6-5-7-11-19)27(17(3)4)29(23,24)28-20-14-8-12-18-13-9-15-25-21(18)20/h5-17H,1-4H3. The maximum atomic E-state index is 6.96. The highest BCUT2D eigenvalue weighted by molar-refractivity contribution is 7.41. The van der Waals surface area contributed by atoms with Gasteiger partial charge >= 0.3 is 7.10 Å². The molecule has 0 aliphatic carbocycles. The Bertz CT molecular complexity index is 988. The third kappa shape index (κ3) is 5.10. The highest BCUT2D eigenvalue weighted by atomic mass is 35.7. The van der Waals surface area contributed by atoms with Crippen molar-refractivity contribution in [3.63, 3.8) is 0 Å². The summed E-state index contributed by atoms with van der Waals surface area (Å²) in [6.07, 6.45) is 1.73. The summed E-state index contributed by atoms with van der Waals surface area (Å²) in [7, 11) is -3.46. The van der Waals surface area contributed by atoms with E-state index in [-0.39, 0.29) is 12.1 Å². The Labute approximate surface area is 182 Å². The number of hydrogen-bond acceptors (Lipinski definition) is 3. The first kappa shape index (κ1) is 21.6. The van der Waals surface area contributed by atoms with E-state index >= 15 is 0 Å². The van der Waals surface area contributed by atoms with Crippen LogP contribution in [-0.2, 0) is 0 Å². The van der Waals surface area contributed by atoms with Gasteiger partial charge in [0, 0.05) is 29.2 Å². The van der Waals surface area contributed by atoms with Gasteiger partial charge in [0.1, 0.15) is 17.1 Å². The predicted molar refractivity (Wildman–Crippen MR) is 125 cm³/mol. The zero-order valence-corrected chi connectivity index (χ0v) is 19.5. The molecule has 152 valence electrons. The predicted octanol–water partition coefficient (Wildman–Crippen LogP) is 6.09. The minimum atomic E-state index is -3.46. The fourth-order valence-electron chi connectivity index (χ4n) is 3.12. The van der Waals surface area contributed by atoms with Crippen molar-refractivity contribution in [1.29, 1.82) is 0 Å². The van der Waals surface area contributed by atoms with Crippen molar-refractivity contribution in [2.75, 3.05) is 0 Å². The number of nitrogens with zero attached hydrogens (tertiary/aromatic N) is 3. The van der Waals surface area contributed by atoms with Gasteiger partial charge in [0.25, 0.3) is 0 Å². The molecule has 0 aliphatic heterocycles. The van der Waals surface area contributed by atoms with Gasteiger partial charge in [-0.25, -0.2) is 0 Å². The van der Waals surface area contributed by atoms with E-state index in [1.165, 1.54) is 0 Å². The summed E-state index contributed by atoms with van der Waals surface area (Å²) in [5.41, 5.74) is 1.69. The second kappa shape index (κ2) is 9.16. The van der Waals surface area contributed by atoms with E-state index in [0.29, 0.717) is 5.75 Å². The van der Waals surface area contributed by atoms with Crippen LogP contribution in [0.2, 0.25) is 0 Å². The summed E-state index contributed by atoms with van der Waals surface area (Å²) >= 11 is 13.9. The van der Waals surface area contributed by atoms with Gasteiger partial charge < -0.3 is 8.99 Å². The zero-order chi connectivity index (χ0) is 21.0. The van der Waals surface area contributed by atoms with Crippen LogP contribution < -0.4 is 4.43 Å². The third-order valence-corrected chi connectivity index (χ3v) is 7.58. The second-order valence-corrected chi connectivity index (χ2v) is 12.6. The van der Waals surface area contributed by atoms with Crippen LogP contribution in [0.5, 0.6) is 5.75 Å². The average Bonchev–Trinajstić information content (AvgIpc) is 2.67. The summed E-state index contributed by atoms with van der Waals surface area (Å²) < 4.78 is 8.20. The molecule has 0 radical (unpaired) electrons. The number of pyridine rings is 1. The molecule has 1 heterocycles. The normalized spacial score (nSPS) is 12.6. The molecule has 1 aromatic heterocycles. The molecule has 0 bridgehead atoms. The summed E-state index contributed by atoms with van der Waals surface area (Å²) in [6, 6.07) is 19.6. The van der Waals surface area contributed by atoms with E-state index in [2.05, 4.69) is 4.98 Å². The molecule has 7 heteroatoms. The molecule has 0 atom stereocenters. The molecule has 0 amide bonds. The zero-order valence-electron chi connectivity index (χ0n) is 17.0. The molecule has 0 N–H and O–H groups in total. The Morgan fingerprint density at radius 2 is 1.66 bits per heavy atom. The first-order valence-corrected chi connectivity index (χ1v) is 13.5.